The second kappa shape index (κ2) is 10.0. The molecule has 0 bridgehead atoms. The SMILES string of the molecule is CC1(C(N)=O)CCC(n2c(Nc3c(F)cc(F)cc3Cl)nc3cnc(N[C@H]4CCC[C@H](O)C4)nc32)CC1. The number of aliphatic hydroxyl groups excluding tert-OH is 1. The number of nitrogens with zero attached hydrogens (tertiary/aromatic N) is 4. The molecule has 0 aliphatic heterocycles. The summed E-state index contributed by atoms with van der Waals surface area (Å²) in [6.45, 7) is 1.87. The molecular weight excluding hydrogens is 504 g/mol. The van der Waals surface area contributed by atoms with Gasteiger partial charge < -0.3 is 21.5 Å². The summed E-state index contributed by atoms with van der Waals surface area (Å²) in [5.74, 6) is -1.27. The van der Waals surface area contributed by atoms with Crippen molar-refractivity contribution < 1.29 is 18.7 Å². The molecule has 2 heterocycles. The fraction of sp³-hybridized carbons (Fsp3) is 0.520. The van der Waals surface area contributed by atoms with Crippen molar-refractivity contribution in [1.29, 1.82) is 0 Å². The number of carbonyl (C=O) groups excluding carboxylic acids is 1. The van der Waals surface area contributed by atoms with E-state index in [1.54, 1.807) is 6.20 Å². The van der Waals surface area contributed by atoms with E-state index in [1.165, 1.54) is 0 Å². The third-order valence-electron chi connectivity index (χ3n) is 7.67. The summed E-state index contributed by atoms with van der Waals surface area (Å²) < 4.78 is 30.1. The lowest BCUT2D eigenvalue weighted by atomic mass is 9.73. The molecule has 2 aliphatic carbocycles. The maximum atomic E-state index is 14.6. The van der Waals surface area contributed by atoms with Crippen molar-refractivity contribution in [2.75, 3.05) is 10.6 Å². The van der Waals surface area contributed by atoms with Crippen LogP contribution in [0.3, 0.4) is 0 Å². The smallest absolute Gasteiger partial charge is 0.224 e. The van der Waals surface area contributed by atoms with Gasteiger partial charge >= 0.3 is 0 Å². The van der Waals surface area contributed by atoms with Crippen molar-refractivity contribution in [3.63, 3.8) is 0 Å². The van der Waals surface area contributed by atoms with Gasteiger partial charge in [0.15, 0.2) is 11.5 Å². The van der Waals surface area contributed by atoms with E-state index in [0.717, 1.165) is 31.4 Å². The number of benzene rings is 1. The van der Waals surface area contributed by atoms with Crippen LogP contribution in [-0.4, -0.2) is 42.7 Å². The molecule has 2 aliphatic rings. The van der Waals surface area contributed by atoms with E-state index in [2.05, 4.69) is 20.6 Å². The Morgan fingerprint density at radius 1 is 1.22 bits per heavy atom. The van der Waals surface area contributed by atoms with Gasteiger partial charge in [-0.15, -0.1) is 0 Å². The second-order valence-electron chi connectivity index (χ2n) is 10.4. The van der Waals surface area contributed by atoms with Crippen LogP contribution >= 0.6 is 11.6 Å². The number of hydrogen-bond donors (Lipinski definition) is 4. The molecule has 0 unspecified atom stereocenters. The first kappa shape index (κ1) is 25.6. The number of fused-ring (bicyclic) bond motifs is 1. The van der Waals surface area contributed by atoms with Crippen LogP contribution in [0.5, 0.6) is 0 Å². The summed E-state index contributed by atoms with van der Waals surface area (Å²) in [5.41, 5.74) is 5.97. The summed E-state index contributed by atoms with van der Waals surface area (Å²) in [7, 11) is 0. The minimum absolute atomic E-state index is 0.0493. The zero-order chi connectivity index (χ0) is 26.3. The summed E-state index contributed by atoms with van der Waals surface area (Å²) in [6.07, 6.45) is 6.86. The van der Waals surface area contributed by atoms with Gasteiger partial charge in [0.05, 0.1) is 23.0 Å². The van der Waals surface area contributed by atoms with Crippen molar-refractivity contribution in [3.05, 3.63) is 35.0 Å². The molecule has 1 aromatic carbocycles. The molecule has 2 atom stereocenters. The van der Waals surface area contributed by atoms with Crippen molar-refractivity contribution in [2.45, 2.75) is 76.5 Å². The van der Waals surface area contributed by atoms with Gasteiger partial charge in [-0.25, -0.2) is 18.7 Å². The van der Waals surface area contributed by atoms with Crippen molar-refractivity contribution in [2.24, 2.45) is 11.1 Å². The minimum Gasteiger partial charge on any atom is -0.393 e. The van der Waals surface area contributed by atoms with Crippen LogP contribution in [0.4, 0.5) is 26.4 Å². The highest BCUT2D eigenvalue weighted by molar-refractivity contribution is 6.33. The predicted octanol–water partition coefficient (Wildman–Crippen LogP) is 4.82. The minimum atomic E-state index is -0.849. The highest BCUT2D eigenvalue weighted by atomic mass is 35.5. The van der Waals surface area contributed by atoms with E-state index < -0.39 is 17.0 Å². The number of primary amides is 1. The molecule has 0 spiro atoms. The highest BCUT2D eigenvalue weighted by Gasteiger charge is 2.38. The lowest BCUT2D eigenvalue weighted by Crippen LogP contribution is -2.38. The predicted molar refractivity (Wildman–Crippen MR) is 137 cm³/mol. The van der Waals surface area contributed by atoms with E-state index >= 15 is 0 Å². The number of halogens is 3. The third kappa shape index (κ3) is 5.19. The van der Waals surface area contributed by atoms with Crippen LogP contribution in [-0.2, 0) is 4.79 Å². The number of aromatic nitrogens is 4. The van der Waals surface area contributed by atoms with Gasteiger partial charge in [0, 0.05) is 23.6 Å². The Hall–Kier alpha value is -3.05. The van der Waals surface area contributed by atoms with Crippen LogP contribution in [0.2, 0.25) is 5.02 Å². The number of carbonyl (C=O) groups is 1. The Labute approximate surface area is 217 Å². The van der Waals surface area contributed by atoms with Crippen LogP contribution in [0.15, 0.2) is 18.3 Å². The number of imidazole rings is 1. The van der Waals surface area contributed by atoms with Crippen LogP contribution in [0, 0.1) is 17.0 Å². The molecule has 12 heteroatoms. The average Bonchev–Trinajstić information content (AvgIpc) is 3.19. The van der Waals surface area contributed by atoms with E-state index in [9.17, 15) is 18.7 Å². The Kier molecular flexibility index (Phi) is 6.93. The molecule has 9 nitrogen and oxygen atoms in total. The number of rotatable bonds is 6. The molecule has 2 aromatic heterocycles. The Balaban J connectivity index is 1.52. The largest absolute Gasteiger partial charge is 0.393 e. The van der Waals surface area contributed by atoms with Gasteiger partial charge in [0.1, 0.15) is 11.3 Å². The van der Waals surface area contributed by atoms with E-state index in [1.807, 2.05) is 11.5 Å². The number of anilines is 3. The maximum Gasteiger partial charge on any atom is 0.224 e. The summed E-state index contributed by atoms with van der Waals surface area (Å²) >= 11 is 6.15. The lowest BCUT2D eigenvalue weighted by Gasteiger charge is -2.35. The first-order valence-corrected chi connectivity index (χ1v) is 12.9. The summed E-state index contributed by atoms with van der Waals surface area (Å²) in [5, 5.41) is 16.2. The molecule has 5 rings (SSSR count). The first-order valence-electron chi connectivity index (χ1n) is 12.5. The standard InChI is InChI=1S/C25H30ClF2N7O2/c1-25(22(29)37)7-5-15(6-8-25)35-21-19(12-30-23(34-21)31-14-3-2-4-16(36)11-14)32-24(35)33-20-17(26)9-13(27)10-18(20)28/h9-10,12,14-16,36H,2-8,11H2,1H3,(H2,29,37)(H,32,33)(H,30,31,34)/t14-,15?,16-,25?/m0/s1. The molecule has 2 fully saturated rings. The fourth-order valence-corrected chi connectivity index (χ4v) is 5.63. The van der Waals surface area contributed by atoms with E-state index in [4.69, 9.17) is 22.3 Å². The summed E-state index contributed by atoms with van der Waals surface area (Å²) in [4.78, 5) is 25.8. The third-order valence-corrected chi connectivity index (χ3v) is 7.97. The fourth-order valence-electron chi connectivity index (χ4n) is 5.39. The monoisotopic (exact) mass is 533 g/mol. The normalized spacial score (nSPS) is 26.2. The Morgan fingerprint density at radius 3 is 2.65 bits per heavy atom. The number of amides is 1. The Bertz CT molecular complexity index is 1300. The molecule has 5 N–H and O–H groups in total. The van der Waals surface area contributed by atoms with E-state index in [-0.39, 0.29) is 40.8 Å². The Morgan fingerprint density at radius 2 is 1.97 bits per heavy atom. The van der Waals surface area contributed by atoms with Gasteiger partial charge in [-0.05, 0) is 57.4 Å². The van der Waals surface area contributed by atoms with E-state index in [0.29, 0.717) is 49.2 Å². The van der Waals surface area contributed by atoms with Gasteiger partial charge in [0.2, 0.25) is 17.8 Å². The molecule has 0 radical (unpaired) electrons. The lowest BCUT2D eigenvalue weighted by molar-refractivity contribution is -0.128. The number of nitrogens with one attached hydrogen (secondary N) is 2. The van der Waals surface area contributed by atoms with Gasteiger partial charge in [-0.3, -0.25) is 9.36 Å². The number of aliphatic hydroxyl groups is 1. The maximum absolute atomic E-state index is 14.6. The first-order chi connectivity index (χ1) is 17.6. The molecule has 1 amide bonds. The second-order valence-corrected chi connectivity index (χ2v) is 10.8. The molecular formula is C25H30ClF2N7O2. The van der Waals surface area contributed by atoms with Gasteiger partial charge in [-0.2, -0.15) is 4.98 Å². The molecule has 2 saturated carbocycles. The molecule has 37 heavy (non-hydrogen) atoms. The van der Waals surface area contributed by atoms with Crippen LogP contribution < -0.4 is 16.4 Å². The molecule has 3 aromatic rings. The average molecular weight is 534 g/mol. The van der Waals surface area contributed by atoms with Crippen LogP contribution in [0.25, 0.3) is 11.2 Å². The number of hydrogen-bond acceptors (Lipinski definition) is 7. The quantitative estimate of drug-likeness (QED) is 0.357. The van der Waals surface area contributed by atoms with Crippen molar-refractivity contribution >= 4 is 46.3 Å². The highest BCUT2D eigenvalue weighted by Crippen LogP contribution is 2.43. The summed E-state index contributed by atoms with van der Waals surface area (Å²) in [6, 6.07) is 1.72. The van der Waals surface area contributed by atoms with Gasteiger partial charge in [-0.1, -0.05) is 18.5 Å². The number of nitrogens with two attached hydrogens (primary N) is 1. The molecule has 0 saturated heterocycles. The topological polar surface area (TPSA) is 131 Å². The molecule has 198 valence electrons. The van der Waals surface area contributed by atoms with Crippen molar-refractivity contribution in [1.82, 2.24) is 19.5 Å². The van der Waals surface area contributed by atoms with Gasteiger partial charge in [0.25, 0.3) is 0 Å². The van der Waals surface area contributed by atoms with Crippen LogP contribution in [0.1, 0.15) is 64.3 Å². The zero-order valence-corrected chi connectivity index (χ0v) is 21.2. The zero-order valence-electron chi connectivity index (χ0n) is 20.5. The van der Waals surface area contributed by atoms with Crippen molar-refractivity contribution in [3.8, 4) is 0 Å².